The van der Waals surface area contributed by atoms with Crippen LogP contribution in [0.5, 0.6) is 0 Å². The van der Waals surface area contributed by atoms with E-state index in [2.05, 4.69) is 5.10 Å². The third kappa shape index (κ3) is 3.03. The maximum Gasteiger partial charge on any atom is 0.214 e. The highest BCUT2D eigenvalue weighted by atomic mass is 35.5. The maximum atomic E-state index is 12.6. The van der Waals surface area contributed by atoms with Crippen LogP contribution in [0.25, 0.3) is 0 Å². The third-order valence-electron chi connectivity index (χ3n) is 2.89. The van der Waals surface area contributed by atoms with Gasteiger partial charge in [0.05, 0.1) is 29.4 Å². The van der Waals surface area contributed by atoms with Gasteiger partial charge in [0.15, 0.2) is 0 Å². The number of hydrogen-bond acceptors (Lipinski definition) is 3. The normalized spacial score (nSPS) is 10.8. The summed E-state index contributed by atoms with van der Waals surface area (Å²) in [7, 11) is 1.59. The number of ether oxygens (including phenoxy) is 1. The molecule has 0 aliphatic rings. The van der Waals surface area contributed by atoms with E-state index >= 15 is 0 Å². The molecule has 0 atom stereocenters. The summed E-state index contributed by atoms with van der Waals surface area (Å²) in [6.45, 7) is 2.81. The van der Waals surface area contributed by atoms with Gasteiger partial charge in [0.25, 0.3) is 0 Å². The Labute approximate surface area is 127 Å². The molecule has 106 valence electrons. The summed E-state index contributed by atoms with van der Waals surface area (Å²) in [5.74, 6) is -0.242. The van der Waals surface area contributed by atoms with Crippen molar-refractivity contribution in [1.29, 1.82) is 0 Å². The van der Waals surface area contributed by atoms with Crippen LogP contribution in [0.2, 0.25) is 10.0 Å². The molecule has 0 fully saturated rings. The summed E-state index contributed by atoms with van der Waals surface area (Å²) in [5, 5.41) is 4.80. The Morgan fingerprint density at radius 3 is 2.75 bits per heavy atom. The third-order valence-corrected chi connectivity index (χ3v) is 3.48. The lowest BCUT2D eigenvalue weighted by Gasteiger charge is -2.08. The Kier molecular flexibility index (Phi) is 4.81. The molecule has 2 rings (SSSR count). The smallest absolute Gasteiger partial charge is 0.214 e. The lowest BCUT2D eigenvalue weighted by molar-refractivity contribution is 0.102. The van der Waals surface area contributed by atoms with Crippen molar-refractivity contribution in [1.82, 2.24) is 9.78 Å². The summed E-state index contributed by atoms with van der Waals surface area (Å²) >= 11 is 12.2. The molecule has 0 saturated heterocycles. The molecule has 1 heterocycles. The van der Waals surface area contributed by atoms with Crippen molar-refractivity contribution in [2.75, 3.05) is 13.7 Å². The molecule has 0 radical (unpaired) electrons. The number of aromatic nitrogens is 2. The first-order chi connectivity index (χ1) is 9.54. The fourth-order valence-corrected chi connectivity index (χ4v) is 2.42. The molecule has 6 heteroatoms. The molecule has 1 aromatic carbocycles. The van der Waals surface area contributed by atoms with E-state index in [0.717, 1.165) is 5.56 Å². The maximum absolute atomic E-state index is 12.6. The van der Waals surface area contributed by atoms with Gasteiger partial charge in [-0.3, -0.25) is 9.48 Å². The number of aryl methyl sites for hydroxylation is 1. The molecule has 0 saturated carbocycles. The Morgan fingerprint density at radius 1 is 1.35 bits per heavy atom. The van der Waals surface area contributed by atoms with E-state index in [-0.39, 0.29) is 5.78 Å². The predicted molar refractivity (Wildman–Crippen MR) is 78.7 cm³/mol. The van der Waals surface area contributed by atoms with Gasteiger partial charge in [0.1, 0.15) is 5.69 Å². The van der Waals surface area contributed by atoms with Crippen molar-refractivity contribution in [3.05, 3.63) is 51.3 Å². The zero-order valence-electron chi connectivity index (χ0n) is 11.2. The van der Waals surface area contributed by atoms with Crippen LogP contribution in [0.3, 0.4) is 0 Å². The topological polar surface area (TPSA) is 44.1 Å². The molecule has 0 aliphatic carbocycles. The van der Waals surface area contributed by atoms with Gasteiger partial charge in [-0.1, -0.05) is 29.3 Å². The summed E-state index contributed by atoms with van der Waals surface area (Å²) in [5.41, 5.74) is 1.73. The number of hydrogen-bond donors (Lipinski definition) is 0. The molecule has 0 unspecified atom stereocenters. The SMILES string of the molecule is COCCn1ncc(Cl)c1C(=O)c1ccc(C)cc1Cl. The molecular weight excluding hydrogens is 299 g/mol. The fraction of sp³-hybridized carbons (Fsp3) is 0.286. The average Bonchev–Trinajstić information content (AvgIpc) is 2.77. The molecular formula is C14H14Cl2N2O2. The number of benzene rings is 1. The minimum absolute atomic E-state index is 0.242. The second-order valence-electron chi connectivity index (χ2n) is 4.37. The van der Waals surface area contributed by atoms with Crippen LogP contribution in [0.4, 0.5) is 0 Å². The van der Waals surface area contributed by atoms with Gasteiger partial charge >= 0.3 is 0 Å². The number of carbonyl (C=O) groups is 1. The van der Waals surface area contributed by atoms with Gasteiger partial charge in [0, 0.05) is 12.7 Å². The first kappa shape index (κ1) is 15.0. The van der Waals surface area contributed by atoms with E-state index in [1.165, 1.54) is 10.9 Å². The van der Waals surface area contributed by atoms with E-state index in [1.807, 2.05) is 13.0 Å². The fourth-order valence-electron chi connectivity index (χ4n) is 1.87. The molecule has 0 bridgehead atoms. The van der Waals surface area contributed by atoms with Gasteiger partial charge in [-0.2, -0.15) is 5.10 Å². The predicted octanol–water partition coefficient (Wildman–Crippen LogP) is 3.38. The van der Waals surface area contributed by atoms with E-state index in [0.29, 0.717) is 34.5 Å². The van der Waals surface area contributed by atoms with Crippen molar-refractivity contribution in [3.63, 3.8) is 0 Å². The van der Waals surface area contributed by atoms with Crippen molar-refractivity contribution in [2.45, 2.75) is 13.5 Å². The van der Waals surface area contributed by atoms with E-state index in [1.54, 1.807) is 19.2 Å². The largest absolute Gasteiger partial charge is 0.383 e. The Hall–Kier alpha value is -1.36. The summed E-state index contributed by atoms with van der Waals surface area (Å²) in [6.07, 6.45) is 1.45. The lowest BCUT2D eigenvalue weighted by Crippen LogP contribution is -2.15. The zero-order valence-corrected chi connectivity index (χ0v) is 12.7. The molecule has 4 nitrogen and oxygen atoms in total. The minimum atomic E-state index is -0.242. The zero-order chi connectivity index (χ0) is 14.7. The van der Waals surface area contributed by atoms with E-state index in [9.17, 15) is 4.79 Å². The van der Waals surface area contributed by atoms with Crippen LogP contribution >= 0.6 is 23.2 Å². The highest BCUT2D eigenvalue weighted by Gasteiger charge is 2.21. The van der Waals surface area contributed by atoms with Crippen LogP contribution in [0, 0.1) is 6.92 Å². The Balaban J connectivity index is 2.40. The summed E-state index contributed by atoms with van der Waals surface area (Å²) < 4.78 is 6.53. The number of nitrogens with zero attached hydrogens (tertiary/aromatic N) is 2. The van der Waals surface area contributed by atoms with Gasteiger partial charge in [-0.15, -0.1) is 0 Å². The van der Waals surface area contributed by atoms with Crippen molar-refractivity contribution in [2.24, 2.45) is 0 Å². The number of carbonyl (C=O) groups excluding carboxylic acids is 1. The first-order valence-electron chi connectivity index (χ1n) is 6.05. The average molecular weight is 313 g/mol. The van der Waals surface area contributed by atoms with Crippen molar-refractivity contribution >= 4 is 29.0 Å². The van der Waals surface area contributed by atoms with Crippen LogP contribution in [0.15, 0.2) is 24.4 Å². The highest BCUT2D eigenvalue weighted by Crippen LogP contribution is 2.24. The molecule has 20 heavy (non-hydrogen) atoms. The first-order valence-corrected chi connectivity index (χ1v) is 6.81. The van der Waals surface area contributed by atoms with Crippen LogP contribution in [-0.4, -0.2) is 29.3 Å². The number of ketones is 1. The van der Waals surface area contributed by atoms with Crippen LogP contribution in [0.1, 0.15) is 21.6 Å². The standard InChI is InChI=1S/C14H14Cl2N2O2/c1-9-3-4-10(11(15)7-9)14(19)13-12(16)8-17-18(13)5-6-20-2/h3-4,7-8H,5-6H2,1-2H3. The molecule has 0 amide bonds. The Bertz CT molecular complexity index is 638. The van der Waals surface area contributed by atoms with Gasteiger partial charge < -0.3 is 4.74 Å². The molecule has 0 aliphatic heterocycles. The minimum Gasteiger partial charge on any atom is -0.383 e. The van der Waals surface area contributed by atoms with Crippen molar-refractivity contribution < 1.29 is 9.53 Å². The van der Waals surface area contributed by atoms with Crippen molar-refractivity contribution in [3.8, 4) is 0 Å². The summed E-state index contributed by atoms with van der Waals surface area (Å²) in [4.78, 5) is 12.6. The highest BCUT2D eigenvalue weighted by molar-refractivity contribution is 6.37. The van der Waals surface area contributed by atoms with E-state index < -0.39 is 0 Å². The Morgan fingerprint density at radius 2 is 2.10 bits per heavy atom. The second kappa shape index (κ2) is 6.39. The number of rotatable bonds is 5. The monoisotopic (exact) mass is 312 g/mol. The second-order valence-corrected chi connectivity index (χ2v) is 5.18. The van der Waals surface area contributed by atoms with Crippen LogP contribution < -0.4 is 0 Å². The van der Waals surface area contributed by atoms with Gasteiger partial charge in [-0.05, 0) is 24.6 Å². The number of halogens is 2. The number of methoxy groups -OCH3 is 1. The van der Waals surface area contributed by atoms with Crippen LogP contribution in [-0.2, 0) is 11.3 Å². The summed E-state index contributed by atoms with van der Waals surface area (Å²) in [6, 6.07) is 5.28. The molecule has 1 aromatic heterocycles. The van der Waals surface area contributed by atoms with E-state index in [4.69, 9.17) is 27.9 Å². The quantitative estimate of drug-likeness (QED) is 0.795. The molecule has 0 spiro atoms. The molecule has 2 aromatic rings. The molecule has 0 N–H and O–H groups in total. The van der Waals surface area contributed by atoms with Gasteiger partial charge in [0.2, 0.25) is 5.78 Å². The lowest BCUT2D eigenvalue weighted by atomic mass is 10.1. The van der Waals surface area contributed by atoms with Gasteiger partial charge in [-0.25, -0.2) is 0 Å².